The van der Waals surface area contributed by atoms with Crippen molar-refractivity contribution in [1.29, 1.82) is 0 Å². The fourth-order valence-electron chi connectivity index (χ4n) is 3.19. The third kappa shape index (κ3) is 1.97. The Hall–Kier alpha value is -1.91. The van der Waals surface area contributed by atoms with Crippen LogP contribution in [0.4, 0.5) is 5.82 Å². The van der Waals surface area contributed by atoms with E-state index in [2.05, 4.69) is 23.8 Å². The molecule has 1 aliphatic rings. The molecule has 3 rings (SSSR count). The number of aryl methyl sites for hydroxylation is 3. The van der Waals surface area contributed by atoms with E-state index in [1.165, 1.54) is 5.56 Å². The predicted octanol–water partition coefficient (Wildman–Crippen LogP) is 2.48. The molecule has 5 nitrogen and oxygen atoms in total. The van der Waals surface area contributed by atoms with Crippen LogP contribution in [0.5, 0.6) is 0 Å². The number of nitrogens with zero attached hydrogens (tertiary/aromatic N) is 4. The first-order valence-electron chi connectivity index (χ1n) is 7.09. The van der Waals surface area contributed by atoms with Gasteiger partial charge in [-0.3, -0.25) is 0 Å². The lowest BCUT2D eigenvalue weighted by Gasteiger charge is -2.29. The largest absolute Gasteiger partial charge is 0.383 e. The highest BCUT2D eigenvalue weighted by molar-refractivity contribution is 5.53. The van der Waals surface area contributed by atoms with E-state index in [4.69, 9.17) is 10.8 Å². The smallest absolute Gasteiger partial charge is 0.159 e. The van der Waals surface area contributed by atoms with Crippen LogP contribution in [-0.2, 0) is 11.8 Å². The molecule has 0 saturated heterocycles. The molecular weight excluding hydrogens is 250 g/mol. The molecule has 0 fully saturated rings. The third-order valence-corrected chi connectivity index (χ3v) is 4.06. The van der Waals surface area contributed by atoms with Gasteiger partial charge in [-0.2, -0.15) is 9.78 Å². The first kappa shape index (κ1) is 13.1. The molecule has 20 heavy (non-hydrogen) atoms. The first-order valence-corrected chi connectivity index (χ1v) is 7.09. The van der Waals surface area contributed by atoms with Gasteiger partial charge in [-0.1, -0.05) is 13.8 Å². The Bertz CT molecular complexity index is 649. The Morgan fingerprint density at radius 1 is 1.25 bits per heavy atom. The quantitative estimate of drug-likeness (QED) is 0.865. The van der Waals surface area contributed by atoms with E-state index in [1.54, 1.807) is 4.68 Å². The van der Waals surface area contributed by atoms with Gasteiger partial charge in [0.05, 0.1) is 5.69 Å². The molecular formula is C15H21N5. The minimum atomic E-state index is 0.0903. The molecule has 2 aromatic heterocycles. The summed E-state index contributed by atoms with van der Waals surface area (Å²) >= 11 is 0. The van der Waals surface area contributed by atoms with E-state index in [0.29, 0.717) is 0 Å². The van der Waals surface area contributed by atoms with E-state index >= 15 is 0 Å². The summed E-state index contributed by atoms with van der Waals surface area (Å²) in [5.74, 6) is 2.23. The van der Waals surface area contributed by atoms with Crippen molar-refractivity contribution < 1.29 is 0 Å². The van der Waals surface area contributed by atoms with E-state index < -0.39 is 0 Å². The molecule has 2 N–H and O–H groups in total. The van der Waals surface area contributed by atoms with Crippen molar-refractivity contribution in [2.75, 3.05) is 5.73 Å². The summed E-state index contributed by atoms with van der Waals surface area (Å²) in [5, 5.41) is 4.70. The molecule has 0 amide bonds. The molecule has 2 heterocycles. The van der Waals surface area contributed by atoms with Crippen LogP contribution in [0.1, 0.15) is 49.5 Å². The molecule has 0 atom stereocenters. The third-order valence-electron chi connectivity index (χ3n) is 4.06. The lowest BCUT2D eigenvalue weighted by atomic mass is 9.75. The molecule has 5 heteroatoms. The van der Waals surface area contributed by atoms with Crippen molar-refractivity contribution >= 4 is 5.82 Å². The van der Waals surface area contributed by atoms with Gasteiger partial charge < -0.3 is 5.73 Å². The van der Waals surface area contributed by atoms with Crippen LogP contribution in [-0.4, -0.2) is 19.7 Å². The Morgan fingerprint density at radius 2 is 2.00 bits per heavy atom. The number of hydrogen-bond donors (Lipinski definition) is 1. The van der Waals surface area contributed by atoms with Crippen LogP contribution in [0, 0.1) is 13.8 Å². The molecule has 0 saturated carbocycles. The molecule has 2 aromatic rings. The van der Waals surface area contributed by atoms with Gasteiger partial charge in [0.25, 0.3) is 0 Å². The zero-order valence-electron chi connectivity index (χ0n) is 12.6. The fraction of sp³-hybridized carbons (Fsp3) is 0.533. The molecule has 0 spiro atoms. The van der Waals surface area contributed by atoms with Gasteiger partial charge in [0.2, 0.25) is 0 Å². The standard InChI is InChI=1S/C15H21N5/c1-9-8-12(18-10(2)17-9)20-14(16)13-11(19-20)6-5-7-15(13,3)4/h8H,5-7,16H2,1-4H3. The lowest BCUT2D eigenvalue weighted by molar-refractivity contribution is 0.432. The lowest BCUT2D eigenvalue weighted by Crippen LogP contribution is -2.24. The first-order chi connectivity index (χ1) is 9.38. The Kier molecular flexibility index (Phi) is 2.81. The van der Waals surface area contributed by atoms with Gasteiger partial charge in [0, 0.05) is 17.3 Å². The average Bonchev–Trinajstić information content (AvgIpc) is 2.66. The number of nitrogens with two attached hydrogens (primary N) is 1. The van der Waals surface area contributed by atoms with Crippen molar-refractivity contribution in [1.82, 2.24) is 19.7 Å². The zero-order valence-corrected chi connectivity index (χ0v) is 12.6. The van der Waals surface area contributed by atoms with Gasteiger partial charge in [0.1, 0.15) is 11.6 Å². The van der Waals surface area contributed by atoms with E-state index in [0.717, 1.165) is 48.1 Å². The highest BCUT2D eigenvalue weighted by atomic mass is 15.3. The number of fused-ring (bicyclic) bond motifs is 1. The minimum absolute atomic E-state index is 0.0903. The fourth-order valence-corrected chi connectivity index (χ4v) is 3.19. The maximum absolute atomic E-state index is 6.37. The average molecular weight is 271 g/mol. The summed E-state index contributed by atoms with van der Waals surface area (Å²) in [6.07, 6.45) is 3.31. The number of nitrogen functional groups attached to an aromatic ring is 1. The summed E-state index contributed by atoms with van der Waals surface area (Å²) < 4.78 is 1.78. The van der Waals surface area contributed by atoms with Crippen molar-refractivity contribution in [2.24, 2.45) is 0 Å². The normalized spacial score (nSPS) is 17.0. The van der Waals surface area contributed by atoms with Gasteiger partial charge in [-0.25, -0.2) is 9.97 Å². The maximum atomic E-state index is 6.37. The molecule has 106 valence electrons. The van der Waals surface area contributed by atoms with Crippen molar-refractivity contribution in [2.45, 2.75) is 52.4 Å². The van der Waals surface area contributed by atoms with Crippen molar-refractivity contribution in [3.8, 4) is 5.82 Å². The highest BCUT2D eigenvalue weighted by Gasteiger charge is 2.33. The van der Waals surface area contributed by atoms with Gasteiger partial charge >= 0.3 is 0 Å². The molecule has 0 aromatic carbocycles. The predicted molar refractivity (Wildman–Crippen MR) is 79.0 cm³/mol. The summed E-state index contributed by atoms with van der Waals surface area (Å²) in [6, 6.07) is 1.93. The second-order valence-corrected chi connectivity index (χ2v) is 6.27. The Morgan fingerprint density at radius 3 is 2.65 bits per heavy atom. The van der Waals surface area contributed by atoms with Crippen LogP contribution in [0.15, 0.2) is 6.07 Å². The summed E-state index contributed by atoms with van der Waals surface area (Å²) in [4.78, 5) is 8.77. The summed E-state index contributed by atoms with van der Waals surface area (Å²) in [5.41, 5.74) is 9.70. The summed E-state index contributed by atoms with van der Waals surface area (Å²) in [7, 11) is 0. The number of anilines is 1. The molecule has 0 bridgehead atoms. The molecule has 0 unspecified atom stereocenters. The Labute approximate surface area is 119 Å². The number of hydrogen-bond acceptors (Lipinski definition) is 4. The SMILES string of the molecule is Cc1cc(-n2nc3c(c2N)C(C)(C)CCC3)nc(C)n1. The van der Waals surface area contributed by atoms with Crippen LogP contribution >= 0.6 is 0 Å². The van der Waals surface area contributed by atoms with Crippen LogP contribution < -0.4 is 5.73 Å². The van der Waals surface area contributed by atoms with E-state index in [9.17, 15) is 0 Å². The highest BCUT2D eigenvalue weighted by Crippen LogP contribution is 2.40. The number of rotatable bonds is 1. The van der Waals surface area contributed by atoms with Crippen LogP contribution in [0.3, 0.4) is 0 Å². The van der Waals surface area contributed by atoms with Crippen molar-refractivity contribution in [3.05, 3.63) is 28.8 Å². The monoisotopic (exact) mass is 271 g/mol. The van der Waals surface area contributed by atoms with Gasteiger partial charge in [0.15, 0.2) is 5.82 Å². The topological polar surface area (TPSA) is 69.6 Å². The zero-order chi connectivity index (χ0) is 14.5. The second-order valence-electron chi connectivity index (χ2n) is 6.27. The minimum Gasteiger partial charge on any atom is -0.383 e. The summed E-state index contributed by atoms with van der Waals surface area (Å²) in [6.45, 7) is 8.33. The maximum Gasteiger partial charge on any atom is 0.159 e. The molecule has 0 radical (unpaired) electrons. The van der Waals surface area contributed by atoms with Crippen LogP contribution in [0.25, 0.3) is 5.82 Å². The Balaban J connectivity index is 2.19. The van der Waals surface area contributed by atoms with Gasteiger partial charge in [-0.05, 0) is 38.5 Å². The van der Waals surface area contributed by atoms with Gasteiger partial charge in [-0.15, -0.1) is 0 Å². The second kappa shape index (κ2) is 4.30. The van der Waals surface area contributed by atoms with Crippen molar-refractivity contribution in [3.63, 3.8) is 0 Å². The molecule has 0 aliphatic heterocycles. The van der Waals surface area contributed by atoms with E-state index in [1.807, 2.05) is 19.9 Å². The molecule has 1 aliphatic carbocycles. The number of aromatic nitrogens is 4. The van der Waals surface area contributed by atoms with E-state index in [-0.39, 0.29) is 5.41 Å². The van der Waals surface area contributed by atoms with Crippen LogP contribution in [0.2, 0.25) is 0 Å².